The topological polar surface area (TPSA) is 164 Å². The van der Waals surface area contributed by atoms with E-state index in [-0.39, 0.29) is 65.0 Å². The zero-order chi connectivity index (χ0) is 47.3. The summed E-state index contributed by atoms with van der Waals surface area (Å²) in [6.07, 6.45) is 2.48. The zero-order valence-electron chi connectivity index (χ0n) is 40.5. The number of pyridine rings is 1. The van der Waals surface area contributed by atoms with Gasteiger partial charge >= 0.3 is 0 Å². The third kappa shape index (κ3) is 13.1. The molecule has 3 N–H and O–H groups in total. The summed E-state index contributed by atoms with van der Waals surface area (Å²) in [7, 11) is 5.98. The first-order valence-corrected chi connectivity index (χ1v) is 24.5. The Hall–Kier alpha value is -2.70. The third-order valence-corrected chi connectivity index (χ3v) is 14.9. The summed E-state index contributed by atoms with van der Waals surface area (Å²) in [5.41, 5.74) is 1.28. The molecule has 4 aliphatic rings. The largest absolute Gasteiger partial charge is 0.392 e. The van der Waals surface area contributed by atoms with Crippen molar-refractivity contribution in [3.05, 3.63) is 39.1 Å². The summed E-state index contributed by atoms with van der Waals surface area (Å²) in [4.78, 5) is 45.1. The molecule has 15 nitrogen and oxygen atoms in total. The van der Waals surface area contributed by atoms with E-state index in [1.54, 1.807) is 24.6 Å². The fraction of sp³-hybridized carbons (Fsp3) is 0.776. The Labute approximate surface area is 391 Å². The molecule has 15 atom stereocenters. The molecule has 0 spiro atoms. The minimum absolute atomic E-state index is 0.00580. The van der Waals surface area contributed by atoms with Crippen molar-refractivity contribution in [3.8, 4) is 0 Å². The van der Waals surface area contributed by atoms with Crippen LogP contribution in [0.15, 0.2) is 23.1 Å². The number of hydrogen-bond acceptors (Lipinski definition) is 13. The Morgan fingerprint density at radius 2 is 1.51 bits per heavy atom. The van der Waals surface area contributed by atoms with Gasteiger partial charge in [0.05, 0.1) is 70.4 Å². The summed E-state index contributed by atoms with van der Waals surface area (Å²) >= 11 is 6.80. The lowest BCUT2D eigenvalue weighted by Gasteiger charge is -2.42. The quantitative estimate of drug-likeness (QED) is 0.188. The van der Waals surface area contributed by atoms with Crippen LogP contribution < -0.4 is 15.6 Å². The van der Waals surface area contributed by atoms with Crippen molar-refractivity contribution in [3.63, 3.8) is 0 Å². The van der Waals surface area contributed by atoms with Gasteiger partial charge in [0.1, 0.15) is 0 Å². The number of aldehydes is 1. The lowest BCUT2D eigenvalue weighted by atomic mass is 9.83. The molecule has 0 saturated carbocycles. The minimum atomic E-state index is -0.844. The number of halogens is 1. The molecule has 0 radical (unpaired) electrons. The molecule has 5 heterocycles. The maximum atomic E-state index is 13.6. The van der Waals surface area contributed by atoms with Gasteiger partial charge in [0.15, 0.2) is 24.3 Å². The van der Waals surface area contributed by atoms with Gasteiger partial charge in [-0.2, -0.15) is 0 Å². The number of carbonyl (C=O) groups excluding carboxylic acids is 2. The number of amides is 1. The van der Waals surface area contributed by atoms with E-state index in [2.05, 4.69) is 48.0 Å². The number of aliphatic hydroxyl groups is 2. The summed E-state index contributed by atoms with van der Waals surface area (Å²) in [5, 5.41) is 26.4. The van der Waals surface area contributed by atoms with Gasteiger partial charge in [0, 0.05) is 89.3 Å². The van der Waals surface area contributed by atoms with Crippen LogP contribution in [0.4, 0.5) is 5.69 Å². The van der Waals surface area contributed by atoms with E-state index in [9.17, 15) is 24.6 Å². The highest BCUT2D eigenvalue weighted by atomic mass is 35.5. The van der Waals surface area contributed by atoms with E-state index in [1.807, 2.05) is 33.8 Å². The summed E-state index contributed by atoms with van der Waals surface area (Å²) < 4.78 is 35.5. The predicted molar refractivity (Wildman–Crippen MR) is 252 cm³/mol. The van der Waals surface area contributed by atoms with Crippen molar-refractivity contribution >= 4 is 40.4 Å². The Morgan fingerprint density at radius 3 is 2.18 bits per heavy atom. The van der Waals surface area contributed by atoms with Crippen molar-refractivity contribution in [2.24, 2.45) is 30.7 Å². The maximum Gasteiger partial charge on any atom is 0.225 e. The maximum absolute atomic E-state index is 13.6. The standard InChI is InChI=1S/C49H78ClN5O10/c1-28-18-29(2)46(57)33(6)49(60)51-31(4)20-42(43(65-45-22-36(52(8)9)21-32(5)62-45)25-41(28)64-44-19-30(3)47(58)34(7)63-44)61-17-11-12-54-13-15-55(16-14-54)40-23-37-39(24-38(40)50)53(10)26-35(27-56)48(37)59/h23-24,26-34,36,41-47,57-58H,11-22,25H2,1-10H3,(H,51,60)/t28?,29-,30?,31+,32?,33?,34?,36?,41-,42?,43+,44-,45?,46?,47+/m0/s1. The molecular formula is C49H78ClN5O10. The molecule has 4 saturated heterocycles. The van der Waals surface area contributed by atoms with Crippen LogP contribution in [0.25, 0.3) is 10.9 Å². The van der Waals surface area contributed by atoms with Gasteiger partial charge < -0.3 is 53.6 Å². The zero-order valence-corrected chi connectivity index (χ0v) is 41.2. The normalized spacial score (nSPS) is 36.2. The molecule has 0 bridgehead atoms. The molecule has 1 amide bonds. The minimum Gasteiger partial charge on any atom is -0.392 e. The van der Waals surface area contributed by atoms with Crippen LogP contribution in [0.2, 0.25) is 5.02 Å². The highest BCUT2D eigenvalue weighted by Crippen LogP contribution is 2.35. The molecule has 6 rings (SSSR count). The molecular weight excluding hydrogens is 854 g/mol. The molecule has 2 aromatic rings. The number of anilines is 1. The third-order valence-electron chi connectivity index (χ3n) is 14.6. The van der Waals surface area contributed by atoms with Crippen LogP contribution in [0.5, 0.6) is 0 Å². The molecule has 366 valence electrons. The van der Waals surface area contributed by atoms with Gasteiger partial charge in [-0.05, 0) is 90.4 Å². The number of piperazine rings is 1. The number of aromatic nitrogens is 1. The fourth-order valence-corrected chi connectivity index (χ4v) is 10.8. The molecule has 9 unspecified atom stereocenters. The van der Waals surface area contributed by atoms with Gasteiger partial charge in [-0.15, -0.1) is 0 Å². The van der Waals surface area contributed by atoms with E-state index in [0.29, 0.717) is 60.9 Å². The van der Waals surface area contributed by atoms with Crippen LogP contribution in [0.1, 0.15) is 104 Å². The molecule has 65 heavy (non-hydrogen) atoms. The van der Waals surface area contributed by atoms with Gasteiger partial charge in [-0.25, -0.2) is 0 Å². The molecule has 4 aliphatic heterocycles. The molecule has 0 aliphatic carbocycles. The number of nitrogens with zero attached hydrogens (tertiary/aromatic N) is 4. The lowest BCUT2D eigenvalue weighted by Crippen LogP contribution is -2.49. The number of aryl methyl sites for hydroxylation is 1. The SMILES string of the molecule is CC1CC(N(C)C)CC(O[C@@H]2C[C@H](O[C@H]3CC(C)[C@@H](O)C(C)O3)C(C)C[C@H](C)C(O)C(C)C(=O)N[C@H](C)CC2OCCCN2CCN(c3cc4c(=O)c(C=O)cn(C)c4cc3Cl)CC2)O1. The highest BCUT2D eigenvalue weighted by molar-refractivity contribution is 6.34. The van der Waals surface area contributed by atoms with E-state index in [0.717, 1.165) is 51.3 Å². The predicted octanol–water partition coefficient (Wildman–Crippen LogP) is 5.22. The van der Waals surface area contributed by atoms with Crippen molar-refractivity contribution in [1.29, 1.82) is 0 Å². The number of benzene rings is 1. The fourth-order valence-electron chi connectivity index (χ4n) is 10.5. The first-order chi connectivity index (χ1) is 30.8. The van der Waals surface area contributed by atoms with Crippen LogP contribution in [0, 0.1) is 23.7 Å². The average molecular weight is 933 g/mol. The van der Waals surface area contributed by atoms with Crippen molar-refractivity contribution in [2.75, 3.05) is 58.3 Å². The van der Waals surface area contributed by atoms with Gasteiger partial charge in [0.2, 0.25) is 5.91 Å². The summed E-state index contributed by atoms with van der Waals surface area (Å²) in [6, 6.07) is 3.61. The van der Waals surface area contributed by atoms with E-state index in [1.165, 1.54) is 6.20 Å². The van der Waals surface area contributed by atoms with Crippen LogP contribution in [0.3, 0.4) is 0 Å². The summed E-state index contributed by atoms with van der Waals surface area (Å²) in [5.74, 6) is -1.06. The highest BCUT2D eigenvalue weighted by Gasteiger charge is 2.41. The Morgan fingerprint density at radius 1 is 0.831 bits per heavy atom. The number of rotatable bonds is 12. The number of fused-ring (bicyclic) bond motifs is 1. The van der Waals surface area contributed by atoms with Gasteiger partial charge in [0.25, 0.3) is 0 Å². The second-order valence-corrected chi connectivity index (χ2v) is 20.6. The van der Waals surface area contributed by atoms with E-state index >= 15 is 0 Å². The Bertz CT molecular complexity index is 1930. The number of nitrogens with one attached hydrogen (secondary N) is 1. The van der Waals surface area contributed by atoms with Crippen molar-refractivity contribution in [1.82, 2.24) is 19.7 Å². The second-order valence-electron chi connectivity index (χ2n) is 20.2. The Kier molecular flexibility index (Phi) is 18.3. The van der Waals surface area contributed by atoms with Crippen LogP contribution >= 0.6 is 11.6 Å². The number of aliphatic hydroxyl groups excluding tert-OH is 2. The number of hydrogen-bond donors (Lipinski definition) is 3. The second kappa shape index (κ2) is 23.1. The molecule has 1 aromatic carbocycles. The molecule has 16 heteroatoms. The van der Waals surface area contributed by atoms with Crippen LogP contribution in [-0.4, -0.2) is 158 Å². The number of ether oxygens (including phenoxy) is 5. The molecule has 4 fully saturated rings. The first kappa shape index (κ1) is 51.7. The van der Waals surface area contributed by atoms with Gasteiger partial charge in [-0.3, -0.25) is 19.3 Å². The lowest BCUT2D eigenvalue weighted by molar-refractivity contribution is -0.271. The van der Waals surface area contributed by atoms with Gasteiger partial charge in [-0.1, -0.05) is 39.3 Å². The first-order valence-electron chi connectivity index (χ1n) is 24.1. The smallest absolute Gasteiger partial charge is 0.225 e. The number of carbonyl (C=O) groups is 2. The van der Waals surface area contributed by atoms with E-state index < -0.39 is 42.9 Å². The average Bonchev–Trinajstić information content (AvgIpc) is 3.26. The monoisotopic (exact) mass is 932 g/mol. The Balaban J connectivity index is 1.20. The molecule has 1 aromatic heterocycles. The summed E-state index contributed by atoms with van der Waals surface area (Å²) in [6.45, 7) is 18.2. The van der Waals surface area contributed by atoms with Crippen molar-refractivity contribution < 1.29 is 43.5 Å². The van der Waals surface area contributed by atoms with E-state index in [4.69, 9.17) is 35.3 Å². The van der Waals surface area contributed by atoms with Crippen LogP contribution in [-0.2, 0) is 35.5 Å². The van der Waals surface area contributed by atoms with Crippen molar-refractivity contribution in [2.45, 2.75) is 161 Å².